The second kappa shape index (κ2) is 2.65. The van der Waals surface area contributed by atoms with Gasteiger partial charge in [0.25, 0.3) is 0 Å². The van der Waals surface area contributed by atoms with Gasteiger partial charge in [0.1, 0.15) is 5.52 Å². The Hall–Kier alpha value is -1.38. The number of nitrogens with one attached hydrogen (secondary N) is 1. The second-order valence-corrected chi connectivity index (χ2v) is 6.17. The summed E-state index contributed by atoms with van der Waals surface area (Å²) in [6.07, 6.45) is 1.19. The summed E-state index contributed by atoms with van der Waals surface area (Å²) >= 11 is 0. The number of aromatic nitrogens is 3. The van der Waals surface area contributed by atoms with Crippen molar-refractivity contribution in [1.82, 2.24) is 15.4 Å². The number of hydrogen-bond acceptors (Lipinski definition) is 2. The van der Waals surface area contributed by atoms with Gasteiger partial charge in [0.2, 0.25) is 0 Å². The van der Waals surface area contributed by atoms with Crippen LogP contribution in [0.4, 0.5) is 0 Å². The normalized spacial score (nSPS) is 21.2. The van der Waals surface area contributed by atoms with Crippen LogP contribution >= 0.6 is 0 Å². The Bertz CT molecular complexity index is 516. The monoisotopic (exact) mass is 215 g/mol. The van der Waals surface area contributed by atoms with E-state index in [4.69, 9.17) is 0 Å². The topological polar surface area (TPSA) is 41.6 Å². The van der Waals surface area contributed by atoms with Crippen LogP contribution in [-0.2, 0) is 10.8 Å². The van der Waals surface area contributed by atoms with Crippen molar-refractivity contribution < 1.29 is 0 Å². The first-order valence-electron chi connectivity index (χ1n) is 5.76. The number of rotatable bonds is 0. The van der Waals surface area contributed by atoms with E-state index in [1.54, 1.807) is 0 Å². The predicted molar refractivity (Wildman–Crippen MR) is 64.6 cm³/mol. The zero-order valence-corrected chi connectivity index (χ0v) is 10.3. The third-order valence-corrected chi connectivity index (χ3v) is 3.81. The van der Waals surface area contributed by atoms with Crippen molar-refractivity contribution in [2.45, 2.75) is 44.9 Å². The minimum Gasteiger partial charge on any atom is -0.258 e. The summed E-state index contributed by atoms with van der Waals surface area (Å²) in [6, 6.07) is 4.42. The molecule has 0 bridgehead atoms. The molecular formula is C13H17N3. The molecule has 3 rings (SSSR count). The molecule has 16 heavy (non-hydrogen) atoms. The average molecular weight is 215 g/mol. The molecule has 3 heteroatoms. The lowest BCUT2D eigenvalue weighted by molar-refractivity contribution is 0.403. The van der Waals surface area contributed by atoms with Crippen molar-refractivity contribution in [2.24, 2.45) is 0 Å². The summed E-state index contributed by atoms with van der Waals surface area (Å²) in [6.45, 7) is 9.26. The highest BCUT2D eigenvalue weighted by molar-refractivity contribution is 5.77. The van der Waals surface area contributed by atoms with Crippen molar-refractivity contribution in [3.63, 3.8) is 0 Å². The van der Waals surface area contributed by atoms with Crippen LogP contribution in [0.25, 0.3) is 11.0 Å². The SMILES string of the molecule is CC1(C)CC(C)(C)c2cc3[nH]nnc3cc21. The van der Waals surface area contributed by atoms with Gasteiger partial charge in [0, 0.05) is 0 Å². The van der Waals surface area contributed by atoms with E-state index in [0.29, 0.717) is 0 Å². The standard InChI is InChI=1S/C13H17N3/c1-12(2)7-13(3,4)9-6-11-10(5-8(9)12)14-16-15-11/h5-6H,7H2,1-4H3,(H,14,15,16). The predicted octanol–water partition coefficient (Wildman–Crippen LogP) is 2.92. The molecular weight excluding hydrogens is 198 g/mol. The number of fused-ring (bicyclic) bond motifs is 2. The highest BCUT2D eigenvalue weighted by Gasteiger charge is 2.42. The lowest BCUT2D eigenvalue weighted by atomic mass is 9.82. The zero-order valence-electron chi connectivity index (χ0n) is 10.3. The molecule has 2 aromatic rings. The Kier molecular flexibility index (Phi) is 1.63. The molecule has 1 aliphatic carbocycles. The molecule has 0 radical (unpaired) electrons. The number of H-pyrrole nitrogens is 1. The summed E-state index contributed by atoms with van der Waals surface area (Å²) in [4.78, 5) is 0. The van der Waals surface area contributed by atoms with E-state index in [-0.39, 0.29) is 10.8 Å². The van der Waals surface area contributed by atoms with Gasteiger partial charge in [-0.05, 0) is 40.5 Å². The van der Waals surface area contributed by atoms with Gasteiger partial charge >= 0.3 is 0 Å². The van der Waals surface area contributed by atoms with Gasteiger partial charge in [-0.3, -0.25) is 5.10 Å². The Morgan fingerprint density at radius 3 is 2.38 bits per heavy atom. The summed E-state index contributed by atoms with van der Waals surface area (Å²) in [5.41, 5.74) is 5.38. The molecule has 0 aliphatic heterocycles. The van der Waals surface area contributed by atoms with Gasteiger partial charge < -0.3 is 0 Å². The van der Waals surface area contributed by atoms with Crippen LogP contribution in [0.2, 0.25) is 0 Å². The van der Waals surface area contributed by atoms with Crippen molar-refractivity contribution >= 4 is 11.0 Å². The zero-order chi connectivity index (χ0) is 11.6. The highest BCUT2D eigenvalue weighted by atomic mass is 15.3. The van der Waals surface area contributed by atoms with Crippen LogP contribution in [0.3, 0.4) is 0 Å². The molecule has 1 aromatic heterocycles. The largest absolute Gasteiger partial charge is 0.258 e. The first kappa shape index (κ1) is 9.82. The van der Waals surface area contributed by atoms with E-state index in [1.165, 1.54) is 17.5 Å². The van der Waals surface area contributed by atoms with Crippen LogP contribution in [0.15, 0.2) is 12.1 Å². The molecule has 0 saturated carbocycles. The number of benzene rings is 1. The van der Waals surface area contributed by atoms with Crippen molar-refractivity contribution in [3.05, 3.63) is 23.3 Å². The van der Waals surface area contributed by atoms with Crippen LogP contribution in [-0.4, -0.2) is 15.4 Å². The van der Waals surface area contributed by atoms with Gasteiger partial charge in [0.05, 0.1) is 5.52 Å². The third-order valence-electron chi connectivity index (χ3n) is 3.81. The molecule has 0 saturated heterocycles. The fourth-order valence-electron chi connectivity index (χ4n) is 3.31. The third kappa shape index (κ3) is 1.14. The minimum atomic E-state index is 0.242. The smallest absolute Gasteiger partial charge is 0.113 e. The number of hydrogen-bond donors (Lipinski definition) is 1. The quantitative estimate of drug-likeness (QED) is 0.734. The molecule has 84 valence electrons. The molecule has 1 N–H and O–H groups in total. The highest BCUT2D eigenvalue weighted by Crippen LogP contribution is 2.49. The molecule has 1 heterocycles. The first-order valence-corrected chi connectivity index (χ1v) is 5.76. The molecule has 0 unspecified atom stereocenters. The second-order valence-electron chi connectivity index (χ2n) is 6.17. The van der Waals surface area contributed by atoms with Crippen molar-refractivity contribution in [2.75, 3.05) is 0 Å². The van der Waals surface area contributed by atoms with Crippen molar-refractivity contribution in [3.8, 4) is 0 Å². The average Bonchev–Trinajstić information content (AvgIpc) is 2.66. The molecule has 1 aliphatic rings. The van der Waals surface area contributed by atoms with Gasteiger partial charge in [-0.1, -0.05) is 32.9 Å². The van der Waals surface area contributed by atoms with E-state index < -0.39 is 0 Å². The van der Waals surface area contributed by atoms with E-state index in [0.717, 1.165) is 11.0 Å². The summed E-state index contributed by atoms with van der Waals surface area (Å²) < 4.78 is 0. The lowest BCUT2D eigenvalue weighted by Crippen LogP contribution is -2.17. The van der Waals surface area contributed by atoms with Crippen LogP contribution in [0.5, 0.6) is 0 Å². The lowest BCUT2D eigenvalue weighted by Gasteiger charge is -2.22. The van der Waals surface area contributed by atoms with E-state index in [2.05, 4.69) is 55.2 Å². The number of nitrogens with zero attached hydrogens (tertiary/aromatic N) is 2. The fourth-order valence-corrected chi connectivity index (χ4v) is 3.31. The molecule has 1 aromatic carbocycles. The molecule has 0 amide bonds. The van der Waals surface area contributed by atoms with Crippen molar-refractivity contribution in [1.29, 1.82) is 0 Å². The molecule has 3 nitrogen and oxygen atoms in total. The summed E-state index contributed by atoms with van der Waals surface area (Å²) in [5.74, 6) is 0. The Balaban J connectivity index is 2.37. The molecule has 0 atom stereocenters. The maximum atomic E-state index is 4.10. The van der Waals surface area contributed by atoms with Crippen LogP contribution in [0, 0.1) is 0 Å². The summed E-state index contributed by atoms with van der Waals surface area (Å²) in [7, 11) is 0. The Morgan fingerprint density at radius 1 is 1.06 bits per heavy atom. The van der Waals surface area contributed by atoms with Gasteiger partial charge in [-0.2, -0.15) is 0 Å². The maximum Gasteiger partial charge on any atom is 0.113 e. The molecule has 0 spiro atoms. The Labute approximate surface area is 95.2 Å². The van der Waals surface area contributed by atoms with Crippen LogP contribution < -0.4 is 0 Å². The minimum absolute atomic E-state index is 0.242. The van der Waals surface area contributed by atoms with E-state index >= 15 is 0 Å². The summed E-state index contributed by atoms with van der Waals surface area (Å²) in [5, 5.41) is 10.9. The number of aromatic amines is 1. The van der Waals surface area contributed by atoms with E-state index in [1.807, 2.05) is 0 Å². The Morgan fingerprint density at radius 2 is 1.69 bits per heavy atom. The van der Waals surface area contributed by atoms with Gasteiger partial charge in [-0.15, -0.1) is 5.10 Å². The molecule has 0 fully saturated rings. The first-order chi connectivity index (χ1) is 7.40. The fraction of sp³-hybridized carbons (Fsp3) is 0.538. The van der Waals surface area contributed by atoms with Gasteiger partial charge in [0.15, 0.2) is 0 Å². The van der Waals surface area contributed by atoms with Crippen LogP contribution in [0.1, 0.15) is 45.2 Å². The maximum absolute atomic E-state index is 4.10. The van der Waals surface area contributed by atoms with E-state index in [9.17, 15) is 0 Å². The van der Waals surface area contributed by atoms with Gasteiger partial charge in [-0.25, -0.2) is 0 Å².